The Hall–Kier alpha value is -0.610. The summed E-state index contributed by atoms with van der Waals surface area (Å²) in [6.07, 6.45) is 1.02. The largest absolute Gasteiger partial charge is 0.468 e. The Balaban J connectivity index is 2.74. The van der Waals surface area contributed by atoms with E-state index < -0.39 is 12.1 Å². The van der Waals surface area contributed by atoms with Crippen LogP contribution in [0.5, 0.6) is 0 Å². The molecule has 1 saturated heterocycles. The predicted molar refractivity (Wildman–Crippen MR) is 62.1 cm³/mol. The summed E-state index contributed by atoms with van der Waals surface area (Å²) in [6, 6.07) is -0.488. The smallest absolute Gasteiger partial charge is 0.325 e. The highest BCUT2D eigenvalue weighted by atomic mass is 16.5. The van der Waals surface area contributed by atoms with E-state index >= 15 is 0 Å². The summed E-state index contributed by atoms with van der Waals surface area (Å²) in [5.41, 5.74) is 0.114. The molecule has 0 radical (unpaired) electrons. The van der Waals surface area contributed by atoms with Crippen LogP contribution in [0.1, 0.15) is 33.6 Å². The van der Waals surface area contributed by atoms with Crippen LogP contribution in [0, 0.1) is 5.41 Å². The number of carbonyl (C=O) groups is 1. The van der Waals surface area contributed by atoms with Crippen LogP contribution in [0.2, 0.25) is 0 Å². The average Bonchev–Trinajstić information content (AvgIpc) is 2.14. The molecule has 1 heterocycles. The van der Waals surface area contributed by atoms with E-state index in [1.54, 1.807) is 0 Å². The zero-order valence-electron chi connectivity index (χ0n) is 10.7. The summed E-state index contributed by atoms with van der Waals surface area (Å²) < 4.78 is 4.76. The molecule has 0 bridgehead atoms. The van der Waals surface area contributed by atoms with Crippen LogP contribution in [0.4, 0.5) is 0 Å². The van der Waals surface area contributed by atoms with Crippen LogP contribution < -0.4 is 0 Å². The molecule has 0 amide bonds. The zero-order valence-corrected chi connectivity index (χ0v) is 10.7. The van der Waals surface area contributed by atoms with Crippen molar-refractivity contribution < 1.29 is 14.6 Å². The summed E-state index contributed by atoms with van der Waals surface area (Å²) in [4.78, 5) is 13.7. The summed E-state index contributed by atoms with van der Waals surface area (Å²) in [5.74, 6) is -0.323. The highest BCUT2D eigenvalue weighted by Crippen LogP contribution is 2.24. The van der Waals surface area contributed by atoms with Gasteiger partial charge in [-0.1, -0.05) is 20.8 Å². The normalized spacial score (nSPS) is 27.8. The maximum Gasteiger partial charge on any atom is 0.325 e. The molecule has 0 saturated carbocycles. The topological polar surface area (TPSA) is 49.8 Å². The second-order valence-corrected chi connectivity index (χ2v) is 5.71. The van der Waals surface area contributed by atoms with Gasteiger partial charge in [0.2, 0.25) is 0 Å². The van der Waals surface area contributed by atoms with Gasteiger partial charge in [0.25, 0.3) is 0 Å². The second kappa shape index (κ2) is 5.15. The van der Waals surface area contributed by atoms with Crippen molar-refractivity contribution in [3.8, 4) is 0 Å². The number of rotatable bonds is 2. The number of aliphatic hydroxyl groups excluding tert-OH is 1. The van der Waals surface area contributed by atoms with Crippen molar-refractivity contribution in [2.45, 2.75) is 45.8 Å². The van der Waals surface area contributed by atoms with Crippen molar-refractivity contribution in [3.63, 3.8) is 0 Å². The van der Waals surface area contributed by atoms with Crippen molar-refractivity contribution in [2.24, 2.45) is 5.41 Å². The van der Waals surface area contributed by atoms with Gasteiger partial charge >= 0.3 is 5.97 Å². The molecule has 4 nitrogen and oxygen atoms in total. The molecule has 94 valence electrons. The first-order chi connectivity index (χ1) is 7.35. The number of carbonyl (C=O) groups excluding carboxylic acids is 1. The minimum atomic E-state index is -0.594. The first-order valence-corrected chi connectivity index (χ1v) is 5.85. The third-order valence-electron chi connectivity index (χ3n) is 2.82. The Kier molecular flexibility index (Phi) is 4.33. The number of hydrogen-bond donors (Lipinski definition) is 1. The van der Waals surface area contributed by atoms with Crippen molar-refractivity contribution >= 4 is 5.97 Å². The number of ether oxygens (including phenoxy) is 1. The zero-order chi connectivity index (χ0) is 12.3. The Morgan fingerprint density at radius 1 is 1.50 bits per heavy atom. The van der Waals surface area contributed by atoms with E-state index in [2.05, 4.69) is 20.8 Å². The van der Waals surface area contributed by atoms with Crippen LogP contribution in [-0.4, -0.2) is 48.3 Å². The van der Waals surface area contributed by atoms with E-state index in [1.165, 1.54) is 7.11 Å². The van der Waals surface area contributed by atoms with Crippen LogP contribution in [0.3, 0.4) is 0 Å². The standard InChI is InChI=1S/C12H23NO3/c1-12(2,3)8-13-7-5-6-9(14)10(13)11(15)16-4/h9-10,14H,5-8H2,1-4H3. The molecule has 1 N–H and O–H groups in total. The van der Waals surface area contributed by atoms with E-state index in [0.29, 0.717) is 6.42 Å². The van der Waals surface area contributed by atoms with Crippen LogP contribution in [0.25, 0.3) is 0 Å². The Morgan fingerprint density at radius 3 is 2.62 bits per heavy atom. The number of nitrogens with zero attached hydrogens (tertiary/aromatic N) is 1. The SMILES string of the molecule is COC(=O)C1C(O)CCCN1CC(C)(C)C. The van der Waals surface area contributed by atoms with Crippen molar-refractivity contribution in [3.05, 3.63) is 0 Å². The van der Waals surface area contributed by atoms with Crippen LogP contribution in [0.15, 0.2) is 0 Å². The molecule has 1 aliphatic heterocycles. The van der Waals surface area contributed by atoms with Crippen LogP contribution >= 0.6 is 0 Å². The highest BCUT2D eigenvalue weighted by Gasteiger charge is 2.37. The lowest BCUT2D eigenvalue weighted by molar-refractivity contribution is -0.154. The monoisotopic (exact) mass is 229 g/mol. The molecule has 2 unspecified atom stereocenters. The second-order valence-electron chi connectivity index (χ2n) is 5.71. The maximum atomic E-state index is 11.6. The van der Waals surface area contributed by atoms with Gasteiger partial charge in [-0.25, -0.2) is 0 Å². The fourth-order valence-electron chi connectivity index (χ4n) is 2.26. The highest BCUT2D eigenvalue weighted by molar-refractivity contribution is 5.76. The first kappa shape index (κ1) is 13.5. The Morgan fingerprint density at radius 2 is 2.12 bits per heavy atom. The van der Waals surface area contributed by atoms with E-state index in [1.807, 2.05) is 4.90 Å². The van der Waals surface area contributed by atoms with Gasteiger partial charge in [-0.05, 0) is 24.8 Å². The molecular weight excluding hydrogens is 206 g/mol. The molecule has 1 aliphatic rings. The van der Waals surface area contributed by atoms with Gasteiger partial charge in [0.05, 0.1) is 13.2 Å². The lowest BCUT2D eigenvalue weighted by Gasteiger charge is -2.40. The van der Waals surface area contributed by atoms with Crippen LogP contribution in [-0.2, 0) is 9.53 Å². The molecule has 2 atom stereocenters. The Labute approximate surface area is 97.6 Å². The van der Waals surface area contributed by atoms with Gasteiger partial charge in [-0.3, -0.25) is 9.69 Å². The number of likely N-dealkylation sites (tertiary alicyclic amines) is 1. The minimum Gasteiger partial charge on any atom is -0.468 e. The number of esters is 1. The molecular formula is C12H23NO3. The van der Waals surface area contributed by atoms with E-state index in [4.69, 9.17) is 4.74 Å². The van der Waals surface area contributed by atoms with Gasteiger partial charge in [-0.15, -0.1) is 0 Å². The number of piperidine rings is 1. The molecule has 0 aromatic heterocycles. The summed E-state index contributed by atoms with van der Waals surface area (Å²) in [7, 11) is 1.37. The van der Waals surface area contributed by atoms with Crippen molar-refractivity contribution in [1.29, 1.82) is 0 Å². The summed E-state index contributed by atoms with van der Waals surface area (Å²) >= 11 is 0. The Bertz CT molecular complexity index is 247. The molecule has 0 aromatic rings. The number of hydrogen-bond acceptors (Lipinski definition) is 4. The average molecular weight is 229 g/mol. The van der Waals surface area contributed by atoms with Gasteiger partial charge in [0.15, 0.2) is 0 Å². The van der Waals surface area contributed by atoms with Crippen molar-refractivity contribution in [1.82, 2.24) is 4.90 Å². The first-order valence-electron chi connectivity index (χ1n) is 5.85. The van der Waals surface area contributed by atoms with E-state index in [9.17, 15) is 9.90 Å². The molecule has 0 aromatic carbocycles. The molecule has 1 fully saturated rings. The van der Waals surface area contributed by atoms with Gasteiger partial charge in [0, 0.05) is 6.54 Å². The van der Waals surface area contributed by atoms with E-state index in [-0.39, 0.29) is 11.4 Å². The number of methoxy groups -OCH3 is 1. The fraction of sp³-hybridized carbons (Fsp3) is 0.917. The summed E-state index contributed by atoms with van der Waals surface area (Å²) in [5, 5.41) is 9.90. The van der Waals surface area contributed by atoms with Gasteiger partial charge < -0.3 is 9.84 Å². The third-order valence-corrected chi connectivity index (χ3v) is 2.82. The molecule has 0 aliphatic carbocycles. The maximum absolute atomic E-state index is 11.6. The fourth-order valence-corrected chi connectivity index (χ4v) is 2.26. The van der Waals surface area contributed by atoms with Crippen molar-refractivity contribution in [2.75, 3.05) is 20.2 Å². The molecule has 16 heavy (non-hydrogen) atoms. The molecule has 0 spiro atoms. The number of aliphatic hydroxyl groups is 1. The summed E-state index contributed by atoms with van der Waals surface area (Å²) in [6.45, 7) is 8.03. The lowest BCUT2D eigenvalue weighted by Crippen LogP contribution is -2.55. The third kappa shape index (κ3) is 3.46. The van der Waals surface area contributed by atoms with Gasteiger partial charge in [-0.2, -0.15) is 0 Å². The minimum absolute atomic E-state index is 0.114. The molecule has 4 heteroatoms. The predicted octanol–water partition coefficient (Wildman–Crippen LogP) is 1.03. The quantitative estimate of drug-likeness (QED) is 0.719. The lowest BCUT2D eigenvalue weighted by atomic mass is 9.91. The molecule has 1 rings (SSSR count). The van der Waals surface area contributed by atoms with E-state index in [0.717, 1.165) is 19.5 Å². The van der Waals surface area contributed by atoms with Gasteiger partial charge in [0.1, 0.15) is 6.04 Å².